The van der Waals surface area contributed by atoms with Crippen molar-refractivity contribution in [1.29, 1.82) is 0 Å². The van der Waals surface area contributed by atoms with Gasteiger partial charge in [-0.15, -0.1) is 0 Å². The van der Waals surface area contributed by atoms with Gasteiger partial charge in [0.05, 0.1) is 0 Å². The van der Waals surface area contributed by atoms with Gasteiger partial charge >= 0.3 is 85.1 Å². The summed E-state index contributed by atoms with van der Waals surface area (Å²) < 4.78 is 14.6. The zero-order valence-corrected chi connectivity index (χ0v) is 8.23. The zero-order valence-electron chi connectivity index (χ0n) is 7.34. The van der Waals surface area contributed by atoms with Gasteiger partial charge in [0.2, 0.25) is 0 Å². The van der Waals surface area contributed by atoms with E-state index in [1.165, 1.54) is 24.3 Å². The Hall–Kier alpha value is -1.83. The van der Waals surface area contributed by atoms with Crippen LogP contribution < -0.4 is 4.74 Å². The molecule has 0 heterocycles. The molecule has 5 nitrogen and oxygen atoms in total. The molecule has 0 aliphatic heterocycles. The Kier molecular flexibility index (Phi) is 3.86. The monoisotopic (exact) mass is 224 g/mol. The molecule has 1 rings (SSSR count). The molecule has 76 valence electrons. The molecule has 15 heavy (non-hydrogen) atoms. The summed E-state index contributed by atoms with van der Waals surface area (Å²) in [6.45, 7) is 0. The van der Waals surface area contributed by atoms with Crippen molar-refractivity contribution in [1.82, 2.24) is 0 Å². The molecule has 0 atom stereocenters. The van der Waals surface area contributed by atoms with Crippen LogP contribution in [0.5, 0.6) is 5.75 Å². The number of carboxylic acids is 1. The van der Waals surface area contributed by atoms with E-state index in [4.69, 9.17) is 5.11 Å². The molecule has 0 unspecified atom stereocenters. The van der Waals surface area contributed by atoms with Crippen LogP contribution in [0.4, 0.5) is 0 Å². The average Bonchev–Trinajstić information content (AvgIpc) is 2.18. The van der Waals surface area contributed by atoms with Crippen LogP contribution in [0.15, 0.2) is 24.3 Å². The summed E-state index contributed by atoms with van der Waals surface area (Å²) in [5.41, 5.74) is 1.68. The SMILES string of the molecule is O=P#CC(=O)Oc1ccccc1C(=O)O. The van der Waals surface area contributed by atoms with E-state index in [0.29, 0.717) is 0 Å². The molecule has 0 saturated carbocycles. The van der Waals surface area contributed by atoms with E-state index in [2.05, 4.69) is 4.74 Å². The van der Waals surface area contributed by atoms with Crippen molar-refractivity contribution in [3.05, 3.63) is 29.8 Å². The maximum atomic E-state index is 10.9. The number of para-hydroxylation sites is 1. The second-order valence-corrected chi connectivity index (χ2v) is 2.80. The van der Waals surface area contributed by atoms with Gasteiger partial charge in [-0.1, -0.05) is 0 Å². The summed E-state index contributed by atoms with van der Waals surface area (Å²) in [5, 5.41) is 8.73. The molecular weight excluding hydrogens is 219 g/mol. The second-order valence-electron chi connectivity index (χ2n) is 2.39. The summed E-state index contributed by atoms with van der Waals surface area (Å²) in [5.74, 6) is -2.30. The Morgan fingerprint density at radius 1 is 1.33 bits per heavy atom. The summed E-state index contributed by atoms with van der Waals surface area (Å²) >= 11 is 0. The van der Waals surface area contributed by atoms with Gasteiger partial charge in [-0.25, -0.2) is 0 Å². The minimum absolute atomic E-state index is 0.105. The van der Waals surface area contributed by atoms with E-state index in [1.54, 1.807) is 0 Å². The molecule has 1 aromatic carbocycles. The first kappa shape index (κ1) is 11.2. The van der Waals surface area contributed by atoms with E-state index < -0.39 is 19.9 Å². The van der Waals surface area contributed by atoms with Crippen molar-refractivity contribution in [3.63, 3.8) is 0 Å². The van der Waals surface area contributed by atoms with Crippen molar-refractivity contribution in [2.45, 2.75) is 0 Å². The van der Waals surface area contributed by atoms with Crippen molar-refractivity contribution in [2.24, 2.45) is 0 Å². The Labute approximate surface area is 85.8 Å². The quantitative estimate of drug-likeness (QED) is 0.468. The number of rotatable bonds is 2. The molecular formula is C9H5O5P. The van der Waals surface area contributed by atoms with Gasteiger partial charge in [0, 0.05) is 0 Å². The fourth-order valence-electron chi connectivity index (χ4n) is 0.892. The Morgan fingerprint density at radius 3 is 2.60 bits per heavy atom. The summed E-state index contributed by atoms with van der Waals surface area (Å²) in [4.78, 5) is 21.5. The standard InChI is InChI=1S/C9H5O5P/c10-8(5-15-13)14-7-4-2-1-3-6(7)9(11)12/h1-4H,(H,11,12). The first-order chi connectivity index (χ1) is 7.15. The van der Waals surface area contributed by atoms with Gasteiger partial charge in [-0.3, -0.25) is 0 Å². The number of benzene rings is 1. The number of ether oxygens (including phenoxy) is 1. The fourth-order valence-corrected chi connectivity index (χ4v) is 1.01. The van der Waals surface area contributed by atoms with Gasteiger partial charge in [-0.05, 0) is 0 Å². The van der Waals surface area contributed by atoms with E-state index in [-0.39, 0.29) is 11.3 Å². The number of hydrogen-bond donors (Lipinski definition) is 1. The van der Waals surface area contributed by atoms with E-state index in [1.807, 2.05) is 5.63 Å². The van der Waals surface area contributed by atoms with Crippen molar-refractivity contribution < 1.29 is 24.0 Å². The number of carboxylic acid groups (broad SMARTS) is 1. The molecule has 0 fully saturated rings. The third-order valence-corrected chi connectivity index (χ3v) is 1.73. The second kappa shape index (κ2) is 5.15. The van der Waals surface area contributed by atoms with Crippen molar-refractivity contribution >= 4 is 19.9 Å². The normalized spacial score (nSPS) is 8.80. The van der Waals surface area contributed by atoms with Crippen molar-refractivity contribution in [2.75, 3.05) is 0 Å². The number of carbonyl (C=O) groups excluding carboxylic acids is 1. The number of esters is 1. The topological polar surface area (TPSA) is 80.7 Å². The van der Waals surface area contributed by atoms with E-state index >= 15 is 0 Å². The summed E-state index contributed by atoms with van der Waals surface area (Å²) in [6.07, 6.45) is 0. The van der Waals surface area contributed by atoms with Gasteiger partial charge < -0.3 is 0 Å². The van der Waals surface area contributed by atoms with Crippen LogP contribution in [0.3, 0.4) is 0 Å². The van der Waals surface area contributed by atoms with Gasteiger partial charge in [0.15, 0.2) is 0 Å². The number of aromatic carboxylic acids is 1. The molecule has 0 bridgehead atoms. The van der Waals surface area contributed by atoms with Crippen LogP contribution in [-0.2, 0) is 9.36 Å². The predicted molar refractivity (Wildman–Crippen MR) is 50.5 cm³/mol. The molecule has 1 aromatic rings. The Balaban J connectivity index is 3.02. The Bertz CT molecular complexity index is 502. The first-order valence-electron chi connectivity index (χ1n) is 3.77. The molecule has 0 spiro atoms. The fraction of sp³-hybridized carbons (Fsp3) is 0. The van der Waals surface area contributed by atoms with Crippen LogP contribution in [0.25, 0.3) is 0 Å². The van der Waals surface area contributed by atoms with Gasteiger partial charge in [0.1, 0.15) is 0 Å². The summed E-state index contributed by atoms with van der Waals surface area (Å²) in [7, 11) is -0.610. The molecule has 0 saturated heterocycles. The molecule has 0 aliphatic rings. The molecule has 0 radical (unpaired) electrons. The molecule has 0 aliphatic carbocycles. The van der Waals surface area contributed by atoms with E-state index in [9.17, 15) is 14.2 Å². The maximum absolute atomic E-state index is 10.9. The van der Waals surface area contributed by atoms with E-state index in [0.717, 1.165) is 0 Å². The molecule has 6 heteroatoms. The molecule has 0 aromatic heterocycles. The summed E-state index contributed by atoms with van der Waals surface area (Å²) in [6, 6.07) is 5.63. The third-order valence-electron chi connectivity index (χ3n) is 1.46. The Morgan fingerprint density at radius 2 is 2.00 bits per heavy atom. The van der Waals surface area contributed by atoms with Crippen LogP contribution in [0.1, 0.15) is 10.4 Å². The van der Waals surface area contributed by atoms with Gasteiger partial charge in [-0.2, -0.15) is 0 Å². The number of hydrogen-bond acceptors (Lipinski definition) is 4. The average molecular weight is 224 g/mol. The molecule has 0 amide bonds. The predicted octanol–water partition coefficient (Wildman–Crippen LogP) is 1.54. The minimum atomic E-state index is -1.21. The van der Waals surface area contributed by atoms with Crippen molar-refractivity contribution in [3.8, 4) is 11.4 Å². The molecule has 1 N–H and O–H groups in total. The third kappa shape index (κ3) is 3.09. The van der Waals surface area contributed by atoms with Crippen LogP contribution >= 0.6 is 7.92 Å². The van der Waals surface area contributed by atoms with Crippen LogP contribution in [-0.4, -0.2) is 17.0 Å². The van der Waals surface area contributed by atoms with Crippen LogP contribution in [0.2, 0.25) is 0 Å². The number of carbonyl (C=O) groups is 2. The zero-order chi connectivity index (χ0) is 11.3. The first-order valence-corrected chi connectivity index (χ1v) is 4.59. The van der Waals surface area contributed by atoms with Crippen LogP contribution in [0, 0.1) is 5.63 Å². The van der Waals surface area contributed by atoms with Gasteiger partial charge in [0.25, 0.3) is 0 Å².